The second-order valence-electron chi connectivity index (χ2n) is 7.12. The third kappa shape index (κ3) is 6.59. The van der Waals surface area contributed by atoms with Gasteiger partial charge in [-0.1, -0.05) is 23.2 Å². The molecule has 1 aromatic rings. The van der Waals surface area contributed by atoms with Crippen molar-refractivity contribution in [1.29, 1.82) is 0 Å². The number of nitrogens with zero attached hydrogens (tertiary/aromatic N) is 3. The van der Waals surface area contributed by atoms with E-state index >= 15 is 0 Å². The molecule has 2 aliphatic rings. The molecule has 158 valence electrons. The van der Waals surface area contributed by atoms with Gasteiger partial charge in [0, 0.05) is 26.1 Å². The largest absolute Gasteiger partial charge is 0.380 e. The molecule has 0 radical (unpaired) electrons. The standard InChI is InChI=1S/C20H26Cl2N4O3/c21-16-5-4-15(14-17(16)22)26-11-6-18(24-26)23-19(27)7-12-29-13-8-20(28)25-9-2-1-3-10-25/h4-5,14H,1-3,6-13H2,(H,23,24,27). The van der Waals surface area contributed by atoms with Crippen LogP contribution in [-0.2, 0) is 14.3 Å². The lowest BCUT2D eigenvalue weighted by atomic mass is 10.1. The van der Waals surface area contributed by atoms with Crippen LogP contribution in [0.4, 0.5) is 5.69 Å². The van der Waals surface area contributed by atoms with Crippen LogP contribution in [0.25, 0.3) is 0 Å². The van der Waals surface area contributed by atoms with E-state index in [0.29, 0.717) is 41.9 Å². The summed E-state index contributed by atoms with van der Waals surface area (Å²) in [7, 11) is 0. The summed E-state index contributed by atoms with van der Waals surface area (Å²) in [6.07, 6.45) is 4.60. The summed E-state index contributed by atoms with van der Waals surface area (Å²) < 4.78 is 5.46. The Bertz CT molecular complexity index is 766. The average Bonchev–Trinajstić information content (AvgIpc) is 3.18. The molecule has 9 heteroatoms. The number of halogens is 2. The minimum Gasteiger partial charge on any atom is -0.380 e. The van der Waals surface area contributed by atoms with E-state index in [1.54, 1.807) is 17.1 Å². The molecule has 7 nitrogen and oxygen atoms in total. The van der Waals surface area contributed by atoms with Crippen molar-refractivity contribution in [2.45, 2.75) is 38.5 Å². The summed E-state index contributed by atoms with van der Waals surface area (Å²) in [5.74, 6) is 0.598. The molecule has 1 saturated heterocycles. The summed E-state index contributed by atoms with van der Waals surface area (Å²) in [4.78, 5) is 26.0. The Labute approximate surface area is 181 Å². The van der Waals surface area contributed by atoms with E-state index in [2.05, 4.69) is 10.4 Å². The number of piperidine rings is 1. The molecule has 2 aliphatic heterocycles. The Morgan fingerprint density at radius 2 is 1.79 bits per heavy atom. The van der Waals surface area contributed by atoms with Crippen LogP contribution in [0.1, 0.15) is 38.5 Å². The van der Waals surface area contributed by atoms with Crippen molar-refractivity contribution in [2.24, 2.45) is 5.10 Å². The van der Waals surface area contributed by atoms with Gasteiger partial charge in [0.15, 0.2) is 0 Å². The Kier molecular flexibility index (Phi) is 8.15. The first-order valence-electron chi connectivity index (χ1n) is 9.98. The van der Waals surface area contributed by atoms with Gasteiger partial charge in [-0.2, -0.15) is 5.10 Å². The van der Waals surface area contributed by atoms with Gasteiger partial charge in [0.05, 0.1) is 41.8 Å². The normalized spacial score (nSPS) is 16.7. The molecule has 0 saturated carbocycles. The minimum absolute atomic E-state index is 0.136. The molecule has 0 spiro atoms. The fraction of sp³-hybridized carbons (Fsp3) is 0.550. The van der Waals surface area contributed by atoms with Gasteiger partial charge in [-0.15, -0.1) is 0 Å². The molecule has 0 aromatic heterocycles. The number of carbonyl (C=O) groups is 2. The van der Waals surface area contributed by atoms with Gasteiger partial charge in [0.25, 0.3) is 0 Å². The smallest absolute Gasteiger partial charge is 0.227 e. The number of nitrogens with one attached hydrogen (secondary N) is 1. The SMILES string of the molecule is O=C(CCOCCC(=O)N1CCCCC1)NC1=NN(c2ccc(Cl)c(Cl)c2)CC1. The van der Waals surface area contributed by atoms with E-state index < -0.39 is 0 Å². The van der Waals surface area contributed by atoms with Crippen LogP contribution in [0.15, 0.2) is 23.3 Å². The highest BCUT2D eigenvalue weighted by molar-refractivity contribution is 6.42. The quantitative estimate of drug-likeness (QED) is 0.658. The number of ether oxygens (including phenoxy) is 1. The number of anilines is 1. The topological polar surface area (TPSA) is 74.2 Å². The lowest BCUT2D eigenvalue weighted by Crippen LogP contribution is -2.36. The molecule has 29 heavy (non-hydrogen) atoms. The number of amidine groups is 1. The maximum absolute atomic E-state index is 12.1. The zero-order valence-electron chi connectivity index (χ0n) is 16.3. The molecule has 1 aromatic carbocycles. The van der Waals surface area contributed by atoms with E-state index in [0.717, 1.165) is 31.6 Å². The first-order valence-corrected chi connectivity index (χ1v) is 10.7. The van der Waals surface area contributed by atoms with Crippen LogP contribution in [0.5, 0.6) is 0 Å². The molecule has 2 heterocycles. The summed E-state index contributed by atoms with van der Waals surface area (Å²) >= 11 is 12.0. The van der Waals surface area contributed by atoms with Gasteiger partial charge in [-0.05, 0) is 37.5 Å². The average molecular weight is 441 g/mol. The van der Waals surface area contributed by atoms with Crippen molar-refractivity contribution >= 4 is 46.5 Å². The van der Waals surface area contributed by atoms with Crippen molar-refractivity contribution in [3.63, 3.8) is 0 Å². The number of hydrazone groups is 1. The molecule has 0 bridgehead atoms. The molecule has 2 amide bonds. The maximum Gasteiger partial charge on any atom is 0.227 e. The van der Waals surface area contributed by atoms with Crippen LogP contribution in [0.3, 0.4) is 0 Å². The van der Waals surface area contributed by atoms with Gasteiger partial charge in [0.2, 0.25) is 11.8 Å². The molecule has 0 aliphatic carbocycles. The van der Waals surface area contributed by atoms with E-state index in [4.69, 9.17) is 27.9 Å². The molecular weight excluding hydrogens is 415 g/mol. The van der Waals surface area contributed by atoms with Crippen molar-refractivity contribution in [2.75, 3.05) is 37.9 Å². The van der Waals surface area contributed by atoms with Crippen molar-refractivity contribution in [3.8, 4) is 0 Å². The summed E-state index contributed by atoms with van der Waals surface area (Å²) in [5, 5.41) is 9.96. The Balaban J connectivity index is 1.33. The third-order valence-corrected chi connectivity index (χ3v) is 5.67. The van der Waals surface area contributed by atoms with Gasteiger partial charge in [-0.25, -0.2) is 0 Å². The maximum atomic E-state index is 12.1. The highest BCUT2D eigenvalue weighted by Gasteiger charge is 2.19. The number of carbonyl (C=O) groups excluding carboxylic acids is 2. The predicted octanol–water partition coefficient (Wildman–Crippen LogP) is 3.44. The van der Waals surface area contributed by atoms with Crippen molar-refractivity contribution in [3.05, 3.63) is 28.2 Å². The van der Waals surface area contributed by atoms with Crippen molar-refractivity contribution < 1.29 is 14.3 Å². The number of benzene rings is 1. The summed E-state index contributed by atoms with van der Waals surface area (Å²) in [5.41, 5.74) is 0.824. The number of rotatable bonds is 7. The van der Waals surface area contributed by atoms with Crippen LogP contribution >= 0.6 is 23.2 Å². The molecule has 1 N–H and O–H groups in total. The van der Waals surface area contributed by atoms with Gasteiger partial charge in [0.1, 0.15) is 5.84 Å². The first-order chi connectivity index (χ1) is 14.0. The minimum atomic E-state index is -0.151. The molecule has 0 unspecified atom stereocenters. The van der Waals surface area contributed by atoms with E-state index in [1.807, 2.05) is 11.0 Å². The van der Waals surface area contributed by atoms with Crippen LogP contribution in [0, 0.1) is 0 Å². The van der Waals surface area contributed by atoms with E-state index in [9.17, 15) is 9.59 Å². The predicted molar refractivity (Wildman–Crippen MR) is 114 cm³/mol. The fourth-order valence-corrected chi connectivity index (χ4v) is 3.62. The lowest BCUT2D eigenvalue weighted by Gasteiger charge is -2.26. The Hall–Kier alpha value is -1.83. The molecule has 1 fully saturated rings. The number of amides is 2. The Morgan fingerprint density at radius 3 is 2.55 bits per heavy atom. The second-order valence-corrected chi connectivity index (χ2v) is 7.93. The number of hydrogen-bond acceptors (Lipinski definition) is 5. The highest BCUT2D eigenvalue weighted by atomic mass is 35.5. The van der Waals surface area contributed by atoms with E-state index in [-0.39, 0.29) is 24.8 Å². The fourth-order valence-electron chi connectivity index (χ4n) is 3.33. The molecule has 0 atom stereocenters. The summed E-state index contributed by atoms with van der Waals surface area (Å²) in [6, 6.07) is 5.30. The van der Waals surface area contributed by atoms with E-state index in [1.165, 1.54) is 6.42 Å². The second kappa shape index (κ2) is 10.8. The van der Waals surface area contributed by atoms with Gasteiger partial charge in [-0.3, -0.25) is 14.6 Å². The summed E-state index contributed by atoms with van der Waals surface area (Å²) in [6.45, 7) is 2.98. The highest BCUT2D eigenvalue weighted by Crippen LogP contribution is 2.28. The monoisotopic (exact) mass is 440 g/mol. The van der Waals surface area contributed by atoms with Crippen LogP contribution < -0.4 is 10.3 Å². The molecule has 3 rings (SSSR count). The Morgan fingerprint density at radius 1 is 1.03 bits per heavy atom. The lowest BCUT2D eigenvalue weighted by molar-refractivity contribution is -0.133. The molecular formula is C20H26Cl2N4O3. The first kappa shape index (κ1) is 21.9. The van der Waals surface area contributed by atoms with Crippen LogP contribution in [-0.4, -0.2) is 55.4 Å². The van der Waals surface area contributed by atoms with Gasteiger partial charge < -0.3 is 15.0 Å². The van der Waals surface area contributed by atoms with Crippen LogP contribution in [0.2, 0.25) is 10.0 Å². The third-order valence-electron chi connectivity index (χ3n) is 4.93. The zero-order valence-corrected chi connectivity index (χ0v) is 17.8. The zero-order chi connectivity index (χ0) is 20.6. The van der Waals surface area contributed by atoms with Crippen molar-refractivity contribution in [1.82, 2.24) is 10.2 Å². The van der Waals surface area contributed by atoms with Gasteiger partial charge >= 0.3 is 0 Å². The number of hydrogen-bond donors (Lipinski definition) is 1. The number of likely N-dealkylation sites (tertiary alicyclic amines) is 1.